The van der Waals surface area contributed by atoms with Crippen LogP contribution in [-0.4, -0.2) is 22.5 Å². The minimum absolute atomic E-state index is 0.0636. The molecule has 0 spiro atoms. The average molecular weight is 742 g/mol. The average Bonchev–Trinajstić information content (AvgIpc) is 3.78. The van der Waals surface area contributed by atoms with Crippen molar-refractivity contribution < 1.29 is 0 Å². The predicted molar refractivity (Wildman–Crippen MR) is 237 cm³/mol. The zero-order valence-corrected chi connectivity index (χ0v) is 31.4. The Labute approximate surface area is 336 Å². The summed E-state index contributed by atoms with van der Waals surface area (Å²) in [6.07, 6.45) is 1.74. The lowest BCUT2D eigenvalue weighted by Gasteiger charge is -2.34. The number of hydrogen-bond donors (Lipinski definition) is 1. The third kappa shape index (κ3) is 5.67. The number of nitrogens with one attached hydrogen (secondary N) is 1. The van der Waals surface area contributed by atoms with Crippen molar-refractivity contribution in [2.45, 2.75) is 5.41 Å². The maximum absolute atomic E-state index is 9.65. The predicted octanol–water partition coefficient (Wildman–Crippen LogP) is 11.9. The molecule has 0 amide bonds. The molecule has 1 aromatic heterocycles. The van der Waals surface area contributed by atoms with E-state index < -0.39 is 5.41 Å². The summed E-state index contributed by atoms with van der Waals surface area (Å²) in [6.45, 7) is 0. The Kier molecular flexibility index (Phi) is 8.51. The summed E-state index contributed by atoms with van der Waals surface area (Å²) in [5, 5.41) is 21.3. The van der Waals surface area contributed by atoms with Gasteiger partial charge in [-0.25, -0.2) is 9.98 Å². The van der Waals surface area contributed by atoms with Gasteiger partial charge in [-0.05, 0) is 81.4 Å². The van der Waals surface area contributed by atoms with E-state index in [-0.39, 0.29) is 5.84 Å². The van der Waals surface area contributed by atoms with E-state index in [0.717, 1.165) is 33.1 Å². The third-order valence-corrected chi connectivity index (χ3v) is 11.2. The van der Waals surface area contributed by atoms with Crippen molar-refractivity contribution in [3.8, 4) is 22.9 Å². The Morgan fingerprint density at radius 2 is 1.21 bits per heavy atom. The highest BCUT2D eigenvalue weighted by molar-refractivity contribution is 6.14. The second-order valence-electron chi connectivity index (χ2n) is 14.5. The number of aliphatic imine (C=N–C) groups is 2. The fourth-order valence-electron chi connectivity index (χ4n) is 8.71. The Balaban J connectivity index is 1.17. The highest BCUT2D eigenvalue weighted by atomic mass is 15.0. The van der Waals surface area contributed by atoms with Crippen molar-refractivity contribution in [2.75, 3.05) is 0 Å². The highest BCUT2D eigenvalue weighted by Gasteiger charge is 2.46. The van der Waals surface area contributed by atoms with Crippen LogP contribution in [0.25, 0.3) is 38.6 Å². The fourth-order valence-corrected chi connectivity index (χ4v) is 8.71. The second-order valence-corrected chi connectivity index (χ2v) is 14.5. The molecule has 1 aliphatic carbocycles. The van der Waals surface area contributed by atoms with E-state index >= 15 is 0 Å². The number of aromatic nitrogens is 1. The van der Waals surface area contributed by atoms with Crippen LogP contribution in [-0.2, 0) is 5.41 Å². The number of fused-ring (bicyclic) bond motifs is 6. The summed E-state index contributed by atoms with van der Waals surface area (Å²) in [6, 6.07) is 71.1. The summed E-state index contributed by atoms with van der Waals surface area (Å²) in [7, 11) is 0. The number of nitriles is 1. The van der Waals surface area contributed by atoms with Crippen LogP contribution in [0.15, 0.2) is 210 Å². The van der Waals surface area contributed by atoms with Gasteiger partial charge in [-0.15, -0.1) is 0 Å². The summed E-state index contributed by atoms with van der Waals surface area (Å²) in [4.78, 5) is 9.54. The number of rotatable bonds is 6. The van der Waals surface area contributed by atoms with Crippen molar-refractivity contribution >= 4 is 39.7 Å². The van der Waals surface area contributed by atoms with Gasteiger partial charge in [0.15, 0.2) is 11.7 Å². The van der Waals surface area contributed by atoms with E-state index in [9.17, 15) is 10.7 Å². The molecule has 0 atom stereocenters. The molecule has 272 valence electrons. The molecule has 0 unspecified atom stereocenters. The monoisotopic (exact) mass is 741 g/mol. The first-order valence-electron chi connectivity index (χ1n) is 19.3. The molecule has 1 heterocycles. The van der Waals surface area contributed by atoms with E-state index in [4.69, 9.17) is 9.98 Å². The molecule has 0 saturated carbocycles. The van der Waals surface area contributed by atoms with Gasteiger partial charge in [0, 0.05) is 33.8 Å². The van der Waals surface area contributed by atoms with Gasteiger partial charge in [-0.3, -0.25) is 5.41 Å². The van der Waals surface area contributed by atoms with Gasteiger partial charge in [0.25, 0.3) is 0 Å². The molecular formula is C53H35N5. The molecule has 10 rings (SSSR count). The van der Waals surface area contributed by atoms with Crippen LogP contribution in [0.2, 0.25) is 0 Å². The van der Waals surface area contributed by atoms with E-state index in [0.29, 0.717) is 22.5 Å². The van der Waals surface area contributed by atoms with Crippen molar-refractivity contribution in [3.05, 3.63) is 245 Å². The standard InChI is InChI=1S/C53H35N5/c54-34-37-18-14-20-39(30-37)52(56-35-36-16-4-1-5-17-36)57-51(55)38-19-15-25-42(31-38)58-49-29-13-11-27-44(49)46-32-45-43-26-10-12-28-47(43)53(48(45)33-50(46)58,40-21-6-2-7-22-40)41-23-8-3-9-24-41/h1-33,35,55H/b55-51?,56-35+,57-52-. The van der Waals surface area contributed by atoms with Gasteiger partial charge >= 0.3 is 0 Å². The fraction of sp³-hybridized carbons (Fsp3) is 0.0189. The minimum Gasteiger partial charge on any atom is -0.309 e. The number of nitrogens with zero attached hydrogens (tertiary/aromatic N) is 4. The molecule has 1 aliphatic rings. The van der Waals surface area contributed by atoms with Gasteiger partial charge in [-0.2, -0.15) is 5.26 Å². The van der Waals surface area contributed by atoms with Crippen LogP contribution in [0.3, 0.4) is 0 Å². The van der Waals surface area contributed by atoms with Crippen molar-refractivity contribution in [1.82, 2.24) is 4.57 Å². The summed E-state index contributed by atoms with van der Waals surface area (Å²) in [5.74, 6) is 0.412. The second kappa shape index (κ2) is 14.3. The zero-order valence-electron chi connectivity index (χ0n) is 31.4. The third-order valence-electron chi connectivity index (χ3n) is 11.2. The van der Waals surface area contributed by atoms with Crippen LogP contribution in [0.4, 0.5) is 0 Å². The molecule has 1 N–H and O–H groups in total. The molecular weight excluding hydrogens is 707 g/mol. The lowest BCUT2D eigenvalue weighted by Crippen LogP contribution is -2.28. The van der Waals surface area contributed by atoms with Crippen LogP contribution >= 0.6 is 0 Å². The lowest BCUT2D eigenvalue weighted by atomic mass is 9.67. The molecule has 0 saturated heterocycles. The largest absolute Gasteiger partial charge is 0.309 e. The van der Waals surface area contributed by atoms with Gasteiger partial charge in [0.1, 0.15) is 0 Å². The Morgan fingerprint density at radius 1 is 0.552 bits per heavy atom. The highest BCUT2D eigenvalue weighted by Crippen LogP contribution is 2.57. The van der Waals surface area contributed by atoms with Crippen LogP contribution in [0.1, 0.15) is 44.5 Å². The van der Waals surface area contributed by atoms with Crippen LogP contribution < -0.4 is 0 Å². The smallest absolute Gasteiger partial charge is 0.161 e. The first-order chi connectivity index (χ1) is 28.6. The normalized spacial score (nSPS) is 13.1. The van der Waals surface area contributed by atoms with Crippen molar-refractivity contribution in [3.63, 3.8) is 0 Å². The topological polar surface area (TPSA) is 77.3 Å². The molecule has 5 heteroatoms. The van der Waals surface area contributed by atoms with Gasteiger partial charge in [-0.1, -0.05) is 158 Å². The molecule has 8 aromatic carbocycles. The SMILES string of the molecule is N#Cc1cccc(C(=N/C(=N)c2cccc(-n3c4ccccc4c4cc5c(cc43)C(c3ccccc3)(c3ccccc3)c3ccccc3-5)c2)/N=C/c2ccccc2)c1. The Morgan fingerprint density at radius 3 is 1.97 bits per heavy atom. The molecule has 0 aliphatic heterocycles. The molecule has 0 bridgehead atoms. The number of para-hydroxylation sites is 1. The number of benzene rings is 8. The van der Waals surface area contributed by atoms with E-state index in [2.05, 4.69) is 138 Å². The number of amidine groups is 2. The molecule has 9 aromatic rings. The number of hydrogen-bond acceptors (Lipinski definition) is 2. The Hall–Kier alpha value is -7.94. The van der Waals surface area contributed by atoms with Crippen LogP contribution in [0.5, 0.6) is 0 Å². The van der Waals surface area contributed by atoms with Crippen molar-refractivity contribution in [1.29, 1.82) is 10.7 Å². The van der Waals surface area contributed by atoms with Crippen molar-refractivity contribution in [2.24, 2.45) is 9.98 Å². The molecule has 0 fully saturated rings. The quantitative estimate of drug-likeness (QED) is 0.134. The van der Waals surface area contributed by atoms with Gasteiger partial charge < -0.3 is 4.57 Å². The minimum atomic E-state index is -0.540. The Bertz CT molecular complexity index is 3090. The first-order valence-corrected chi connectivity index (χ1v) is 19.3. The van der Waals surface area contributed by atoms with Crippen LogP contribution in [0, 0.1) is 16.7 Å². The summed E-state index contributed by atoms with van der Waals surface area (Å²) < 4.78 is 2.32. The molecule has 5 nitrogen and oxygen atoms in total. The molecule has 58 heavy (non-hydrogen) atoms. The zero-order chi connectivity index (χ0) is 39.1. The van der Waals surface area contributed by atoms with E-state index in [1.54, 1.807) is 18.3 Å². The molecule has 0 radical (unpaired) electrons. The maximum atomic E-state index is 9.65. The maximum Gasteiger partial charge on any atom is 0.161 e. The lowest BCUT2D eigenvalue weighted by molar-refractivity contribution is 0.769. The first kappa shape index (κ1) is 34.5. The van der Waals surface area contributed by atoms with Gasteiger partial charge in [0.05, 0.1) is 28.1 Å². The summed E-state index contributed by atoms with van der Waals surface area (Å²) in [5.41, 5.74) is 12.6. The van der Waals surface area contributed by atoms with Gasteiger partial charge in [0.2, 0.25) is 0 Å². The van der Waals surface area contributed by atoms with E-state index in [1.165, 1.54) is 33.4 Å². The van der Waals surface area contributed by atoms with E-state index in [1.807, 2.05) is 60.7 Å². The summed E-state index contributed by atoms with van der Waals surface area (Å²) >= 11 is 0.